The Bertz CT molecular complexity index is 1270. The van der Waals surface area contributed by atoms with Crippen LogP contribution in [0.2, 0.25) is 0 Å². The van der Waals surface area contributed by atoms with Gasteiger partial charge in [-0.3, -0.25) is 0 Å². The SMILES string of the molecule is Oc1ccc2ccccc2c1-c1cccc2ccccc12.[Zr+2].c1cc[cH-]c1.c1cc[cH-]c1. The van der Waals surface area contributed by atoms with E-state index >= 15 is 0 Å². The van der Waals surface area contributed by atoms with Crippen LogP contribution in [-0.2, 0) is 26.2 Å². The smallest absolute Gasteiger partial charge is 0.507 e. The molecule has 6 rings (SSSR count). The van der Waals surface area contributed by atoms with Gasteiger partial charge >= 0.3 is 26.2 Å². The maximum absolute atomic E-state index is 10.4. The number of benzene rings is 4. The Morgan fingerprint density at radius 2 is 0.969 bits per heavy atom. The predicted octanol–water partition coefficient (Wildman–Crippen LogP) is 8.17. The van der Waals surface area contributed by atoms with Crippen molar-refractivity contribution in [3.05, 3.63) is 140 Å². The zero-order chi connectivity index (χ0) is 21.3. The molecular weight excluding hydrogens is 468 g/mol. The zero-order valence-corrected chi connectivity index (χ0v) is 20.2. The normalized spacial score (nSPS) is 9.75. The van der Waals surface area contributed by atoms with Crippen LogP contribution in [0.5, 0.6) is 5.75 Å². The van der Waals surface area contributed by atoms with Gasteiger partial charge in [-0.25, -0.2) is 24.3 Å². The molecule has 0 radical (unpaired) electrons. The van der Waals surface area contributed by atoms with Crippen molar-refractivity contribution in [1.82, 2.24) is 0 Å². The molecule has 0 saturated heterocycles. The van der Waals surface area contributed by atoms with Gasteiger partial charge in [0.05, 0.1) is 0 Å². The Kier molecular flexibility index (Phi) is 8.78. The molecule has 1 nitrogen and oxygen atoms in total. The summed E-state index contributed by atoms with van der Waals surface area (Å²) < 4.78 is 0. The minimum absolute atomic E-state index is 0. The molecule has 0 unspecified atom stereocenters. The fourth-order valence-electron chi connectivity index (χ4n) is 3.63. The van der Waals surface area contributed by atoms with E-state index in [9.17, 15) is 5.11 Å². The summed E-state index contributed by atoms with van der Waals surface area (Å²) in [6.07, 6.45) is 0. The van der Waals surface area contributed by atoms with Crippen molar-refractivity contribution in [1.29, 1.82) is 0 Å². The molecule has 32 heavy (non-hydrogen) atoms. The summed E-state index contributed by atoms with van der Waals surface area (Å²) in [5, 5.41) is 15.0. The molecule has 0 aliphatic carbocycles. The van der Waals surface area contributed by atoms with Gasteiger partial charge in [-0.2, -0.15) is 36.4 Å². The second kappa shape index (κ2) is 12.0. The molecule has 0 aliphatic heterocycles. The number of phenolic OH excluding ortho intramolecular Hbond substituents is 1. The molecule has 0 atom stereocenters. The molecule has 0 aromatic heterocycles. The standard InChI is InChI=1S/C20H14O.2C5H5.Zr/c21-19-13-12-15-7-2-4-10-17(15)20(19)18-11-5-8-14-6-1-3-9-16(14)18;2*1-2-4-5-3-1;/h1-13,21H;2*1-5H;/q;2*-1;+2. The Balaban J connectivity index is 0.000000217. The molecule has 0 spiro atoms. The van der Waals surface area contributed by atoms with Crippen molar-refractivity contribution in [2.24, 2.45) is 0 Å². The fraction of sp³-hybridized carbons (Fsp3) is 0. The minimum atomic E-state index is 0. The third kappa shape index (κ3) is 5.72. The Morgan fingerprint density at radius 3 is 1.53 bits per heavy atom. The van der Waals surface area contributed by atoms with E-state index in [2.05, 4.69) is 36.4 Å². The summed E-state index contributed by atoms with van der Waals surface area (Å²) in [6, 6.07) is 46.4. The molecule has 6 aromatic carbocycles. The Hall–Kier alpha value is -3.22. The van der Waals surface area contributed by atoms with Crippen molar-refractivity contribution >= 4 is 21.5 Å². The molecule has 0 heterocycles. The van der Waals surface area contributed by atoms with Crippen molar-refractivity contribution in [3.8, 4) is 16.9 Å². The summed E-state index contributed by atoms with van der Waals surface area (Å²) in [5.41, 5.74) is 1.98. The number of fused-ring (bicyclic) bond motifs is 2. The van der Waals surface area contributed by atoms with Gasteiger partial charge in [-0.05, 0) is 33.2 Å². The van der Waals surface area contributed by atoms with Crippen LogP contribution in [0.15, 0.2) is 140 Å². The van der Waals surface area contributed by atoms with E-state index in [4.69, 9.17) is 0 Å². The van der Waals surface area contributed by atoms with Gasteiger partial charge in [-0.1, -0.05) is 72.8 Å². The van der Waals surface area contributed by atoms with Gasteiger partial charge in [0, 0.05) is 5.56 Å². The third-order valence-corrected chi connectivity index (χ3v) is 5.08. The van der Waals surface area contributed by atoms with Crippen molar-refractivity contribution in [2.75, 3.05) is 0 Å². The van der Waals surface area contributed by atoms with Gasteiger partial charge in [0.2, 0.25) is 0 Å². The van der Waals surface area contributed by atoms with Crippen LogP contribution in [0.4, 0.5) is 0 Å². The zero-order valence-electron chi connectivity index (χ0n) is 17.7. The van der Waals surface area contributed by atoms with Gasteiger partial charge in [0.15, 0.2) is 0 Å². The molecule has 154 valence electrons. The van der Waals surface area contributed by atoms with Gasteiger partial charge in [0.1, 0.15) is 5.75 Å². The summed E-state index contributed by atoms with van der Waals surface area (Å²) in [5.74, 6) is 0.324. The average Bonchev–Trinajstić information content (AvgIpc) is 3.58. The number of phenols is 1. The maximum Gasteiger partial charge on any atom is 2.00 e. The largest absolute Gasteiger partial charge is 2.00 e. The van der Waals surface area contributed by atoms with Crippen LogP contribution in [0, 0.1) is 0 Å². The number of rotatable bonds is 1. The minimum Gasteiger partial charge on any atom is -0.507 e. The van der Waals surface area contributed by atoms with E-state index in [-0.39, 0.29) is 26.2 Å². The molecule has 0 bridgehead atoms. The van der Waals surface area contributed by atoms with E-state index in [0.717, 1.165) is 27.3 Å². The molecule has 0 saturated carbocycles. The fourth-order valence-corrected chi connectivity index (χ4v) is 3.63. The van der Waals surface area contributed by atoms with Crippen LogP contribution in [0.3, 0.4) is 0 Å². The third-order valence-electron chi connectivity index (χ3n) is 5.08. The molecule has 1 N–H and O–H groups in total. The van der Waals surface area contributed by atoms with Crippen molar-refractivity contribution < 1.29 is 31.3 Å². The summed E-state index contributed by atoms with van der Waals surface area (Å²) >= 11 is 0. The van der Waals surface area contributed by atoms with Gasteiger partial charge in [-0.15, -0.1) is 0 Å². The predicted molar refractivity (Wildman–Crippen MR) is 133 cm³/mol. The van der Waals surface area contributed by atoms with E-state index in [1.54, 1.807) is 6.07 Å². The van der Waals surface area contributed by atoms with E-state index in [1.807, 2.05) is 97.1 Å². The topological polar surface area (TPSA) is 20.2 Å². The molecular formula is C30H24OZr. The van der Waals surface area contributed by atoms with Crippen molar-refractivity contribution in [2.45, 2.75) is 0 Å². The first-order valence-corrected chi connectivity index (χ1v) is 10.4. The maximum atomic E-state index is 10.4. The van der Waals surface area contributed by atoms with Crippen LogP contribution < -0.4 is 0 Å². The first-order chi connectivity index (χ1) is 15.3. The molecule has 2 heteroatoms. The van der Waals surface area contributed by atoms with Crippen LogP contribution in [-0.4, -0.2) is 5.11 Å². The molecule has 6 aromatic rings. The van der Waals surface area contributed by atoms with Crippen LogP contribution >= 0.6 is 0 Å². The van der Waals surface area contributed by atoms with Crippen LogP contribution in [0.25, 0.3) is 32.7 Å². The molecule has 0 aliphatic rings. The number of hydrogen-bond donors (Lipinski definition) is 1. The monoisotopic (exact) mass is 490 g/mol. The van der Waals surface area contributed by atoms with Gasteiger partial charge < -0.3 is 5.11 Å². The summed E-state index contributed by atoms with van der Waals surface area (Å²) in [6.45, 7) is 0. The van der Waals surface area contributed by atoms with E-state index in [0.29, 0.717) is 5.75 Å². The Morgan fingerprint density at radius 1 is 0.469 bits per heavy atom. The molecule has 0 fully saturated rings. The van der Waals surface area contributed by atoms with E-state index in [1.165, 1.54) is 5.39 Å². The van der Waals surface area contributed by atoms with Crippen molar-refractivity contribution in [3.63, 3.8) is 0 Å². The van der Waals surface area contributed by atoms with Gasteiger partial charge in [0.25, 0.3) is 0 Å². The second-order valence-corrected chi connectivity index (χ2v) is 7.13. The number of hydrogen-bond acceptors (Lipinski definition) is 1. The first-order valence-electron chi connectivity index (χ1n) is 10.4. The summed E-state index contributed by atoms with van der Waals surface area (Å²) in [7, 11) is 0. The average molecular weight is 492 g/mol. The quantitative estimate of drug-likeness (QED) is 0.230. The first kappa shape index (κ1) is 23.4. The second-order valence-electron chi connectivity index (χ2n) is 7.13. The Labute approximate surface area is 208 Å². The number of aromatic hydroxyl groups is 1. The van der Waals surface area contributed by atoms with E-state index < -0.39 is 0 Å². The summed E-state index contributed by atoms with van der Waals surface area (Å²) in [4.78, 5) is 0. The van der Waals surface area contributed by atoms with Crippen LogP contribution in [0.1, 0.15) is 0 Å². The molecule has 0 amide bonds.